The average molecular weight is 403 g/mol. The molecule has 1 aromatic carbocycles. The standard InChI is InChI=1S/C23H26N6O/c1-15-5-7-16(8-6-15)21-17(12-25-28-21)13-29-11-9-19-18(14-29)23(30)27-22(26-19)20-4-2-3-10-24-20/h5-8,12H,2-4,9-11,13-14H2,1H3,(H,25,28)(H,26,27,30). The number of rotatable bonds is 4. The van der Waals surface area contributed by atoms with Crippen LogP contribution in [0.2, 0.25) is 0 Å². The highest BCUT2D eigenvalue weighted by Crippen LogP contribution is 2.24. The first kappa shape index (κ1) is 18.9. The van der Waals surface area contributed by atoms with E-state index < -0.39 is 0 Å². The Labute approximate surface area is 175 Å². The summed E-state index contributed by atoms with van der Waals surface area (Å²) < 4.78 is 0. The third-order valence-corrected chi connectivity index (χ3v) is 6.00. The van der Waals surface area contributed by atoms with E-state index >= 15 is 0 Å². The molecule has 2 aromatic heterocycles. The molecule has 2 N–H and O–H groups in total. The first-order valence-electron chi connectivity index (χ1n) is 10.6. The second-order valence-electron chi connectivity index (χ2n) is 8.22. The maximum atomic E-state index is 12.8. The zero-order valence-electron chi connectivity index (χ0n) is 17.2. The number of nitrogens with zero attached hydrogens (tertiary/aromatic N) is 4. The van der Waals surface area contributed by atoms with Gasteiger partial charge in [0.2, 0.25) is 0 Å². The van der Waals surface area contributed by atoms with Gasteiger partial charge in [0.1, 0.15) is 0 Å². The van der Waals surface area contributed by atoms with E-state index in [2.05, 4.69) is 56.3 Å². The summed E-state index contributed by atoms with van der Waals surface area (Å²) in [6.07, 6.45) is 5.79. The summed E-state index contributed by atoms with van der Waals surface area (Å²) in [7, 11) is 0. The summed E-state index contributed by atoms with van der Waals surface area (Å²) >= 11 is 0. The van der Waals surface area contributed by atoms with Crippen molar-refractivity contribution >= 4 is 5.71 Å². The van der Waals surface area contributed by atoms with Crippen molar-refractivity contribution in [3.05, 3.63) is 69.0 Å². The van der Waals surface area contributed by atoms with Crippen LogP contribution in [0.5, 0.6) is 0 Å². The lowest BCUT2D eigenvalue weighted by atomic mass is 10.0. The maximum absolute atomic E-state index is 12.8. The predicted octanol–water partition coefficient (Wildman–Crippen LogP) is 3.00. The highest BCUT2D eigenvalue weighted by Gasteiger charge is 2.23. The first-order chi connectivity index (χ1) is 14.7. The van der Waals surface area contributed by atoms with E-state index in [0.717, 1.165) is 79.1 Å². The quantitative estimate of drug-likeness (QED) is 0.702. The number of nitrogens with one attached hydrogen (secondary N) is 2. The van der Waals surface area contributed by atoms with Gasteiger partial charge in [0.15, 0.2) is 5.82 Å². The van der Waals surface area contributed by atoms with Crippen LogP contribution in [0.15, 0.2) is 40.2 Å². The molecule has 0 unspecified atom stereocenters. The maximum Gasteiger partial charge on any atom is 0.255 e. The van der Waals surface area contributed by atoms with Crippen molar-refractivity contribution in [3.8, 4) is 11.3 Å². The van der Waals surface area contributed by atoms with Crippen molar-refractivity contribution in [2.24, 2.45) is 4.99 Å². The number of fused-ring (bicyclic) bond motifs is 1. The third kappa shape index (κ3) is 3.73. The highest BCUT2D eigenvalue weighted by molar-refractivity contribution is 5.97. The fraction of sp³-hybridized carbons (Fsp3) is 0.391. The van der Waals surface area contributed by atoms with Crippen LogP contribution < -0.4 is 5.56 Å². The number of hydrogen-bond donors (Lipinski definition) is 2. The Morgan fingerprint density at radius 1 is 1.13 bits per heavy atom. The minimum absolute atomic E-state index is 0.0288. The molecule has 0 saturated heterocycles. The van der Waals surface area contributed by atoms with Gasteiger partial charge >= 0.3 is 0 Å². The van der Waals surface area contributed by atoms with Crippen LogP contribution in [-0.2, 0) is 19.5 Å². The molecule has 0 aliphatic carbocycles. The highest BCUT2D eigenvalue weighted by atomic mass is 16.1. The lowest BCUT2D eigenvalue weighted by Gasteiger charge is -2.27. The molecule has 4 heterocycles. The summed E-state index contributed by atoms with van der Waals surface area (Å²) in [5, 5.41) is 7.40. The number of aromatic nitrogens is 4. The second kappa shape index (κ2) is 7.99. The van der Waals surface area contributed by atoms with Crippen LogP contribution in [0.1, 0.15) is 47.5 Å². The summed E-state index contributed by atoms with van der Waals surface area (Å²) in [4.78, 5) is 27.4. The molecule has 7 heteroatoms. The summed E-state index contributed by atoms with van der Waals surface area (Å²) in [5.41, 5.74) is 7.16. The molecule has 0 amide bonds. The molecule has 0 fully saturated rings. The van der Waals surface area contributed by atoms with Gasteiger partial charge in [-0.25, -0.2) is 4.98 Å². The zero-order chi connectivity index (χ0) is 20.5. The number of hydrogen-bond acceptors (Lipinski definition) is 5. The van der Waals surface area contributed by atoms with Gasteiger partial charge in [0, 0.05) is 38.2 Å². The van der Waals surface area contributed by atoms with Gasteiger partial charge < -0.3 is 4.98 Å². The fourth-order valence-corrected chi connectivity index (χ4v) is 4.29. The number of aryl methyl sites for hydroxylation is 1. The van der Waals surface area contributed by atoms with Crippen LogP contribution in [0, 0.1) is 6.92 Å². The molecular formula is C23H26N6O. The summed E-state index contributed by atoms with van der Waals surface area (Å²) in [6.45, 7) is 5.13. The lowest BCUT2D eigenvalue weighted by Crippen LogP contribution is -2.36. The minimum atomic E-state index is -0.0288. The van der Waals surface area contributed by atoms with Crippen molar-refractivity contribution in [3.63, 3.8) is 0 Å². The molecular weight excluding hydrogens is 376 g/mol. The van der Waals surface area contributed by atoms with Gasteiger partial charge in [-0.05, 0) is 31.7 Å². The molecule has 5 rings (SSSR count). The van der Waals surface area contributed by atoms with Crippen molar-refractivity contribution in [1.29, 1.82) is 0 Å². The van der Waals surface area contributed by atoms with Crippen LogP contribution in [0.3, 0.4) is 0 Å². The molecule has 0 radical (unpaired) electrons. The molecule has 0 spiro atoms. The summed E-state index contributed by atoms with van der Waals surface area (Å²) in [5.74, 6) is 0.670. The number of benzene rings is 1. The molecule has 0 saturated carbocycles. The van der Waals surface area contributed by atoms with Crippen molar-refractivity contribution in [2.75, 3.05) is 13.1 Å². The Bertz CT molecular complexity index is 1140. The SMILES string of the molecule is Cc1ccc(-c2[nH]ncc2CN2CCc3nc(C4=NCCCC4)[nH]c(=O)c3C2)cc1. The van der Waals surface area contributed by atoms with E-state index in [4.69, 9.17) is 4.98 Å². The molecule has 30 heavy (non-hydrogen) atoms. The van der Waals surface area contributed by atoms with Gasteiger partial charge in [-0.2, -0.15) is 5.10 Å². The first-order valence-corrected chi connectivity index (χ1v) is 10.6. The lowest BCUT2D eigenvalue weighted by molar-refractivity contribution is 0.242. The number of H-pyrrole nitrogens is 2. The van der Waals surface area contributed by atoms with E-state index in [1.165, 1.54) is 5.56 Å². The van der Waals surface area contributed by atoms with Gasteiger partial charge in [0.25, 0.3) is 5.56 Å². The molecule has 7 nitrogen and oxygen atoms in total. The number of aromatic amines is 2. The van der Waals surface area contributed by atoms with Crippen molar-refractivity contribution in [2.45, 2.75) is 45.7 Å². The Hall–Kier alpha value is -3.06. The van der Waals surface area contributed by atoms with Gasteiger partial charge in [-0.1, -0.05) is 29.8 Å². The van der Waals surface area contributed by atoms with Gasteiger partial charge in [-0.3, -0.25) is 19.8 Å². The largest absolute Gasteiger partial charge is 0.305 e. The van der Waals surface area contributed by atoms with Crippen molar-refractivity contribution < 1.29 is 0 Å². The van der Waals surface area contributed by atoms with Crippen LogP contribution in [0.25, 0.3) is 11.3 Å². The molecule has 0 atom stereocenters. The Kier molecular flexibility index (Phi) is 5.04. The van der Waals surface area contributed by atoms with E-state index in [-0.39, 0.29) is 5.56 Å². The molecule has 3 aromatic rings. The van der Waals surface area contributed by atoms with Crippen LogP contribution in [-0.4, -0.2) is 43.9 Å². The molecule has 2 aliphatic heterocycles. The summed E-state index contributed by atoms with van der Waals surface area (Å²) in [6, 6.07) is 8.44. The minimum Gasteiger partial charge on any atom is -0.305 e. The van der Waals surface area contributed by atoms with E-state index in [1.807, 2.05) is 6.20 Å². The zero-order valence-corrected chi connectivity index (χ0v) is 17.2. The van der Waals surface area contributed by atoms with E-state index in [1.54, 1.807) is 0 Å². The molecule has 2 aliphatic rings. The predicted molar refractivity (Wildman–Crippen MR) is 117 cm³/mol. The normalized spacial score (nSPS) is 16.9. The van der Waals surface area contributed by atoms with Gasteiger partial charge in [-0.15, -0.1) is 0 Å². The van der Waals surface area contributed by atoms with E-state index in [0.29, 0.717) is 12.4 Å². The smallest absolute Gasteiger partial charge is 0.255 e. The van der Waals surface area contributed by atoms with E-state index in [9.17, 15) is 4.79 Å². The topological polar surface area (TPSA) is 90.0 Å². The van der Waals surface area contributed by atoms with Crippen LogP contribution in [0.4, 0.5) is 0 Å². The molecule has 0 bridgehead atoms. The second-order valence-corrected chi connectivity index (χ2v) is 8.22. The van der Waals surface area contributed by atoms with Crippen LogP contribution >= 0.6 is 0 Å². The number of aliphatic imine (C=N–C) groups is 1. The molecule has 154 valence electrons. The Morgan fingerprint density at radius 2 is 2.00 bits per heavy atom. The fourth-order valence-electron chi connectivity index (χ4n) is 4.29. The van der Waals surface area contributed by atoms with Gasteiger partial charge in [0.05, 0.1) is 28.9 Å². The monoisotopic (exact) mass is 402 g/mol. The Morgan fingerprint density at radius 3 is 2.80 bits per heavy atom. The Balaban J connectivity index is 1.36. The van der Waals surface area contributed by atoms with Crippen molar-refractivity contribution in [1.82, 2.24) is 25.1 Å². The average Bonchev–Trinajstić information content (AvgIpc) is 3.23. The third-order valence-electron chi connectivity index (χ3n) is 6.00.